The van der Waals surface area contributed by atoms with Crippen molar-refractivity contribution in [2.24, 2.45) is 0 Å². The van der Waals surface area contributed by atoms with E-state index in [1.165, 1.54) is 4.57 Å². The summed E-state index contributed by atoms with van der Waals surface area (Å²) in [4.78, 5) is 12.5. The molecule has 0 saturated carbocycles. The zero-order chi connectivity index (χ0) is 15.0. The molecule has 5 nitrogen and oxygen atoms in total. The van der Waals surface area contributed by atoms with Gasteiger partial charge < -0.3 is 0 Å². The Morgan fingerprint density at radius 1 is 1.29 bits per heavy atom. The van der Waals surface area contributed by atoms with Gasteiger partial charge in [0.1, 0.15) is 0 Å². The van der Waals surface area contributed by atoms with E-state index in [9.17, 15) is 4.79 Å². The van der Waals surface area contributed by atoms with Crippen LogP contribution in [0.2, 0.25) is 5.02 Å². The predicted octanol–water partition coefficient (Wildman–Crippen LogP) is 2.95. The standard InChI is InChI=1S/C14H13ClN4OS/c1-3-21-14-17-16-12-13(20)18(6-7-19(12)14)10-5-4-9(2)11(15)8-10/h4-8H,3H2,1-2H3. The van der Waals surface area contributed by atoms with Crippen molar-refractivity contribution < 1.29 is 0 Å². The van der Waals surface area contributed by atoms with Gasteiger partial charge in [0, 0.05) is 17.4 Å². The number of rotatable bonds is 3. The first kappa shape index (κ1) is 14.2. The van der Waals surface area contributed by atoms with E-state index in [0.717, 1.165) is 16.5 Å². The highest BCUT2D eigenvalue weighted by Crippen LogP contribution is 2.19. The molecule has 0 spiro atoms. The lowest BCUT2D eigenvalue weighted by molar-refractivity contribution is 0.893. The minimum atomic E-state index is -0.215. The molecule has 1 aromatic carbocycles. The highest BCUT2D eigenvalue weighted by molar-refractivity contribution is 7.99. The molecule has 0 fully saturated rings. The molecule has 0 saturated heterocycles. The molecule has 0 aliphatic carbocycles. The SMILES string of the molecule is CCSc1nnc2c(=O)n(-c3ccc(C)c(Cl)c3)ccn12. The van der Waals surface area contributed by atoms with Crippen LogP contribution in [0.15, 0.2) is 40.5 Å². The van der Waals surface area contributed by atoms with E-state index in [1.54, 1.807) is 34.6 Å². The van der Waals surface area contributed by atoms with Gasteiger partial charge in [-0.3, -0.25) is 13.8 Å². The van der Waals surface area contributed by atoms with Gasteiger partial charge in [0.05, 0.1) is 5.69 Å². The lowest BCUT2D eigenvalue weighted by atomic mass is 10.2. The highest BCUT2D eigenvalue weighted by Gasteiger charge is 2.11. The number of hydrogen-bond donors (Lipinski definition) is 0. The Morgan fingerprint density at radius 2 is 2.10 bits per heavy atom. The summed E-state index contributed by atoms with van der Waals surface area (Å²) < 4.78 is 3.23. The van der Waals surface area contributed by atoms with Crippen molar-refractivity contribution >= 4 is 29.0 Å². The van der Waals surface area contributed by atoms with Crippen LogP contribution < -0.4 is 5.56 Å². The number of fused-ring (bicyclic) bond motifs is 1. The third-order valence-corrected chi connectivity index (χ3v) is 4.38. The van der Waals surface area contributed by atoms with Crippen LogP contribution in [0, 0.1) is 6.92 Å². The molecule has 2 heterocycles. The second-order valence-corrected chi connectivity index (χ2v) is 6.15. The Morgan fingerprint density at radius 3 is 2.81 bits per heavy atom. The average Bonchev–Trinajstić information content (AvgIpc) is 2.87. The first-order valence-electron chi connectivity index (χ1n) is 6.47. The van der Waals surface area contributed by atoms with Crippen molar-refractivity contribution in [1.29, 1.82) is 0 Å². The second kappa shape index (κ2) is 5.54. The van der Waals surface area contributed by atoms with Crippen LogP contribution >= 0.6 is 23.4 Å². The van der Waals surface area contributed by atoms with Crippen LogP contribution in [-0.2, 0) is 0 Å². The normalized spacial score (nSPS) is 11.2. The summed E-state index contributed by atoms with van der Waals surface area (Å²) in [6.45, 7) is 3.95. The van der Waals surface area contributed by atoms with E-state index >= 15 is 0 Å². The molecule has 0 aliphatic heterocycles. The van der Waals surface area contributed by atoms with Crippen LogP contribution in [0.4, 0.5) is 0 Å². The third kappa shape index (κ3) is 2.45. The van der Waals surface area contributed by atoms with Gasteiger partial charge in [-0.25, -0.2) is 0 Å². The number of nitrogens with zero attached hydrogens (tertiary/aromatic N) is 4. The quantitative estimate of drug-likeness (QED) is 0.696. The summed E-state index contributed by atoms with van der Waals surface area (Å²) in [5.74, 6) is 0.872. The highest BCUT2D eigenvalue weighted by atomic mass is 35.5. The van der Waals surface area contributed by atoms with Crippen molar-refractivity contribution in [2.75, 3.05) is 5.75 Å². The zero-order valence-corrected chi connectivity index (χ0v) is 13.1. The van der Waals surface area contributed by atoms with Gasteiger partial charge in [-0.05, 0) is 30.4 Å². The average molecular weight is 321 g/mol. The molecule has 3 rings (SSSR count). The molecule has 0 aliphatic rings. The maximum atomic E-state index is 12.5. The molecule has 0 radical (unpaired) electrons. The molecule has 0 N–H and O–H groups in total. The fraction of sp³-hybridized carbons (Fsp3) is 0.214. The number of thioether (sulfide) groups is 1. The molecule has 2 aromatic heterocycles. The molecule has 108 valence electrons. The van der Waals surface area contributed by atoms with Crippen molar-refractivity contribution in [2.45, 2.75) is 19.0 Å². The molecule has 21 heavy (non-hydrogen) atoms. The van der Waals surface area contributed by atoms with E-state index in [1.807, 2.05) is 26.0 Å². The number of hydrogen-bond acceptors (Lipinski definition) is 4. The maximum Gasteiger partial charge on any atom is 0.300 e. The molecule has 3 aromatic rings. The monoisotopic (exact) mass is 320 g/mol. The van der Waals surface area contributed by atoms with E-state index < -0.39 is 0 Å². The summed E-state index contributed by atoms with van der Waals surface area (Å²) in [5.41, 5.74) is 1.78. The predicted molar refractivity (Wildman–Crippen MR) is 84.7 cm³/mol. The Kier molecular flexibility index (Phi) is 3.73. The van der Waals surface area contributed by atoms with Crippen LogP contribution in [0.3, 0.4) is 0 Å². The number of aromatic nitrogens is 4. The first-order valence-corrected chi connectivity index (χ1v) is 7.84. The summed E-state index contributed by atoms with van der Waals surface area (Å²) in [7, 11) is 0. The summed E-state index contributed by atoms with van der Waals surface area (Å²) >= 11 is 7.67. The summed E-state index contributed by atoms with van der Waals surface area (Å²) in [6.07, 6.45) is 3.50. The second-order valence-electron chi connectivity index (χ2n) is 4.52. The van der Waals surface area contributed by atoms with Gasteiger partial charge in [-0.15, -0.1) is 10.2 Å². The first-order chi connectivity index (χ1) is 10.1. The smallest absolute Gasteiger partial charge is 0.280 e. The largest absolute Gasteiger partial charge is 0.300 e. The van der Waals surface area contributed by atoms with E-state index in [4.69, 9.17) is 11.6 Å². The number of halogens is 1. The maximum absolute atomic E-state index is 12.5. The van der Waals surface area contributed by atoms with Gasteiger partial charge in [0.2, 0.25) is 5.65 Å². The third-order valence-electron chi connectivity index (χ3n) is 3.15. The Hall–Kier alpha value is -1.79. The van der Waals surface area contributed by atoms with Gasteiger partial charge in [-0.1, -0.05) is 36.4 Å². The molecular weight excluding hydrogens is 308 g/mol. The minimum Gasteiger partial charge on any atom is -0.280 e. The lowest BCUT2D eigenvalue weighted by Crippen LogP contribution is -2.20. The Bertz CT molecular complexity index is 871. The molecular formula is C14H13ClN4OS. The Labute approximate surface area is 130 Å². The van der Waals surface area contributed by atoms with Crippen molar-refractivity contribution in [3.05, 3.63) is 51.5 Å². The summed E-state index contributed by atoms with van der Waals surface area (Å²) in [6, 6.07) is 5.51. The van der Waals surface area contributed by atoms with E-state index in [0.29, 0.717) is 16.4 Å². The van der Waals surface area contributed by atoms with Crippen LogP contribution in [0.25, 0.3) is 11.3 Å². The summed E-state index contributed by atoms with van der Waals surface area (Å²) in [5, 5.41) is 9.39. The minimum absolute atomic E-state index is 0.215. The van der Waals surface area contributed by atoms with Crippen molar-refractivity contribution in [3.8, 4) is 5.69 Å². The number of aryl methyl sites for hydroxylation is 1. The van der Waals surface area contributed by atoms with Gasteiger partial charge >= 0.3 is 5.56 Å². The molecule has 0 atom stereocenters. The topological polar surface area (TPSA) is 52.2 Å². The lowest BCUT2D eigenvalue weighted by Gasteiger charge is -2.07. The van der Waals surface area contributed by atoms with E-state index in [-0.39, 0.29) is 5.56 Å². The van der Waals surface area contributed by atoms with E-state index in [2.05, 4.69) is 10.2 Å². The number of benzene rings is 1. The molecule has 0 amide bonds. The van der Waals surface area contributed by atoms with Crippen molar-refractivity contribution in [3.63, 3.8) is 0 Å². The van der Waals surface area contributed by atoms with Crippen molar-refractivity contribution in [1.82, 2.24) is 19.2 Å². The molecule has 0 bridgehead atoms. The fourth-order valence-corrected chi connectivity index (χ4v) is 2.85. The molecule has 7 heteroatoms. The Balaban J connectivity index is 2.18. The van der Waals surface area contributed by atoms with Gasteiger partial charge in [0.25, 0.3) is 0 Å². The fourth-order valence-electron chi connectivity index (χ4n) is 2.03. The van der Waals surface area contributed by atoms with Gasteiger partial charge in [-0.2, -0.15) is 0 Å². The van der Waals surface area contributed by atoms with Crippen LogP contribution in [0.1, 0.15) is 12.5 Å². The van der Waals surface area contributed by atoms with Crippen LogP contribution in [0.5, 0.6) is 0 Å². The molecule has 0 unspecified atom stereocenters. The zero-order valence-electron chi connectivity index (χ0n) is 11.6. The van der Waals surface area contributed by atoms with Crippen LogP contribution in [-0.4, -0.2) is 24.9 Å². The van der Waals surface area contributed by atoms with Gasteiger partial charge in [0.15, 0.2) is 5.16 Å².